The van der Waals surface area contributed by atoms with E-state index in [9.17, 15) is 9.59 Å². The minimum absolute atomic E-state index is 0.0110. The molecule has 5 nitrogen and oxygen atoms in total. The van der Waals surface area contributed by atoms with E-state index in [1.165, 1.54) is 12.8 Å². The lowest BCUT2D eigenvalue weighted by molar-refractivity contribution is -0.125. The van der Waals surface area contributed by atoms with E-state index in [2.05, 4.69) is 5.32 Å². The van der Waals surface area contributed by atoms with Gasteiger partial charge in [-0.1, -0.05) is 18.2 Å². The van der Waals surface area contributed by atoms with E-state index in [0.29, 0.717) is 31.1 Å². The van der Waals surface area contributed by atoms with E-state index in [0.717, 1.165) is 13.0 Å². The third-order valence-electron chi connectivity index (χ3n) is 5.45. The summed E-state index contributed by atoms with van der Waals surface area (Å²) in [4.78, 5) is 27.1. The molecule has 1 aromatic carbocycles. The van der Waals surface area contributed by atoms with Gasteiger partial charge in [0.05, 0.1) is 18.8 Å². The number of nitrogens with zero attached hydrogens (tertiary/aromatic N) is 1. The monoisotopic (exact) mass is 328 g/mol. The smallest absolute Gasteiger partial charge is 0.254 e. The molecule has 0 spiro atoms. The number of hydrogen-bond acceptors (Lipinski definition) is 3. The summed E-state index contributed by atoms with van der Waals surface area (Å²) in [5.74, 6) is 0.827. The molecule has 1 aliphatic heterocycles. The fraction of sp³-hybridized carbons (Fsp3) is 0.579. The first-order valence-corrected chi connectivity index (χ1v) is 8.97. The van der Waals surface area contributed by atoms with Gasteiger partial charge in [0, 0.05) is 24.6 Å². The molecule has 0 radical (unpaired) electrons. The molecule has 1 heterocycles. The van der Waals surface area contributed by atoms with E-state index >= 15 is 0 Å². The molecule has 1 saturated heterocycles. The van der Waals surface area contributed by atoms with Crippen LogP contribution in [0.25, 0.3) is 0 Å². The standard InChI is InChI=1S/C19H24N2O3/c22-18(20-12-13-6-7-13)15-10-16-17(11-15)24-9-8-21(16)19(23)14-4-2-1-3-5-14/h1-5,13,15-17H,6-12H2,(H,20,22)/t15-,16+,17+/m0/s1. The van der Waals surface area contributed by atoms with Crippen molar-refractivity contribution in [3.8, 4) is 0 Å². The maximum absolute atomic E-state index is 12.8. The first kappa shape index (κ1) is 15.6. The second-order valence-corrected chi connectivity index (χ2v) is 7.20. The number of amides is 2. The van der Waals surface area contributed by atoms with Crippen molar-refractivity contribution >= 4 is 11.8 Å². The normalized spacial score (nSPS) is 29.2. The maximum Gasteiger partial charge on any atom is 0.254 e. The zero-order chi connectivity index (χ0) is 16.5. The Hall–Kier alpha value is -1.88. The van der Waals surface area contributed by atoms with Gasteiger partial charge in [0.2, 0.25) is 5.91 Å². The Bertz CT molecular complexity index is 614. The van der Waals surface area contributed by atoms with Crippen molar-refractivity contribution in [2.24, 2.45) is 11.8 Å². The molecule has 24 heavy (non-hydrogen) atoms. The minimum Gasteiger partial charge on any atom is -0.374 e. The SMILES string of the molecule is O=C(NCC1CC1)[C@H]1C[C@@H]2[C@@H](C1)OCCN2C(=O)c1ccccc1. The minimum atomic E-state index is -0.0390. The summed E-state index contributed by atoms with van der Waals surface area (Å²) in [5, 5.41) is 3.07. The highest BCUT2D eigenvalue weighted by Crippen LogP contribution is 2.35. The number of hydrogen-bond donors (Lipinski definition) is 1. The highest BCUT2D eigenvalue weighted by Gasteiger charge is 2.45. The lowest BCUT2D eigenvalue weighted by Gasteiger charge is -2.37. The molecule has 0 bridgehead atoms. The maximum atomic E-state index is 12.8. The zero-order valence-electron chi connectivity index (χ0n) is 13.8. The molecule has 5 heteroatoms. The first-order valence-electron chi connectivity index (χ1n) is 8.97. The van der Waals surface area contributed by atoms with Gasteiger partial charge in [0.15, 0.2) is 0 Å². The number of fused-ring (bicyclic) bond motifs is 1. The fourth-order valence-corrected chi connectivity index (χ4v) is 3.88. The van der Waals surface area contributed by atoms with Crippen LogP contribution in [0.15, 0.2) is 30.3 Å². The summed E-state index contributed by atoms with van der Waals surface area (Å²) >= 11 is 0. The third-order valence-corrected chi connectivity index (χ3v) is 5.45. The molecule has 1 N–H and O–H groups in total. The van der Waals surface area contributed by atoms with Gasteiger partial charge in [-0.3, -0.25) is 9.59 Å². The van der Waals surface area contributed by atoms with Crippen molar-refractivity contribution in [1.29, 1.82) is 0 Å². The van der Waals surface area contributed by atoms with Crippen LogP contribution in [-0.4, -0.2) is 48.6 Å². The molecule has 3 atom stereocenters. The van der Waals surface area contributed by atoms with Crippen LogP contribution in [0.3, 0.4) is 0 Å². The second kappa shape index (κ2) is 6.55. The summed E-state index contributed by atoms with van der Waals surface area (Å²) < 4.78 is 5.86. The third kappa shape index (κ3) is 3.18. The number of nitrogens with one attached hydrogen (secondary N) is 1. The summed E-state index contributed by atoms with van der Waals surface area (Å²) in [6.07, 6.45) is 3.89. The largest absolute Gasteiger partial charge is 0.374 e. The molecule has 3 fully saturated rings. The van der Waals surface area contributed by atoms with Crippen molar-refractivity contribution in [3.63, 3.8) is 0 Å². The average Bonchev–Trinajstić information content (AvgIpc) is 3.35. The van der Waals surface area contributed by atoms with Crippen molar-refractivity contribution < 1.29 is 14.3 Å². The van der Waals surface area contributed by atoms with Crippen LogP contribution in [0.5, 0.6) is 0 Å². The zero-order valence-corrected chi connectivity index (χ0v) is 13.8. The number of ether oxygens (including phenoxy) is 1. The van der Waals surface area contributed by atoms with Crippen LogP contribution in [0, 0.1) is 11.8 Å². The molecule has 0 unspecified atom stereocenters. The predicted octanol–water partition coefficient (Wildman–Crippen LogP) is 1.83. The topological polar surface area (TPSA) is 58.6 Å². The average molecular weight is 328 g/mol. The van der Waals surface area contributed by atoms with Crippen LogP contribution in [0.1, 0.15) is 36.0 Å². The second-order valence-electron chi connectivity index (χ2n) is 7.20. The van der Waals surface area contributed by atoms with E-state index in [1.54, 1.807) is 0 Å². The van der Waals surface area contributed by atoms with Crippen molar-refractivity contribution in [3.05, 3.63) is 35.9 Å². The predicted molar refractivity (Wildman–Crippen MR) is 89.5 cm³/mol. The lowest BCUT2D eigenvalue weighted by Crippen LogP contribution is -2.51. The number of morpholine rings is 1. The Morgan fingerprint density at radius 2 is 1.96 bits per heavy atom. The Balaban J connectivity index is 1.42. The molecule has 2 amide bonds. The molecule has 0 aromatic heterocycles. The molecule has 2 aliphatic carbocycles. The van der Waals surface area contributed by atoms with E-state index < -0.39 is 0 Å². The van der Waals surface area contributed by atoms with Crippen LogP contribution >= 0.6 is 0 Å². The number of carbonyl (C=O) groups is 2. The summed E-state index contributed by atoms with van der Waals surface area (Å²) in [6, 6.07) is 9.39. The summed E-state index contributed by atoms with van der Waals surface area (Å²) in [7, 11) is 0. The first-order chi connectivity index (χ1) is 11.7. The van der Waals surface area contributed by atoms with E-state index in [1.807, 2.05) is 35.2 Å². The van der Waals surface area contributed by atoms with Crippen LogP contribution in [-0.2, 0) is 9.53 Å². The van der Waals surface area contributed by atoms with Crippen molar-refractivity contribution in [2.45, 2.75) is 37.8 Å². The van der Waals surface area contributed by atoms with Crippen molar-refractivity contribution in [2.75, 3.05) is 19.7 Å². The highest BCUT2D eigenvalue weighted by atomic mass is 16.5. The van der Waals surface area contributed by atoms with Gasteiger partial charge in [-0.15, -0.1) is 0 Å². The molecular weight excluding hydrogens is 304 g/mol. The molecule has 4 rings (SSSR count). The quantitative estimate of drug-likeness (QED) is 0.917. The van der Waals surface area contributed by atoms with Gasteiger partial charge in [-0.05, 0) is 43.7 Å². The summed E-state index contributed by atoms with van der Waals surface area (Å²) in [5.41, 5.74) is 0.708. The van der Waals surface area contributed by atoms with Gasteiger partial charge in [-0.2, -0.15) is 0 Å². The number of carbonyl (C=O) groups excluding carboxylic acids is 2. The van der Waals surface area contributed by atoms with Gasteiger partial charge in [0.25, 0.3) is 5.91 Å². The van der Waals surface area contributed by atoms with E-state index in [4.69, 9.17) is 4.74 Å². The van der Waals surface area contributed by atoms with Gasteiger partial charge in [0.1, 0.15) is 0 Å². The van der Waals surface area contributed by atoms with Crippen molar-refractivity contribution in [1.82, 2.24) is 10.2 Å². The van der Waals surface area contributed by atoms with Crippen LogP contribution < -0.4 is 5.32 Å². The fourth-order valence-electron chi connectivity index (χ4n) is 3.88. The highest BCUT2D eigenvalue weighted by molar-refractivity contribution is 5.94. The molecule has 3 aliphatic rings. The van der Waals surface area contributed by atoms with Crippen LogP contribution in [0.2, 0.25) is 0 Å². The van der Waals surface area contributed by atoms with Gasteiger partial charge in [-0.25, -0.2) is 0 Å². The Labute approximate surface area is 142 Å². The van der Waals surface area contributed by atoms with Crippen LogP contribution in [0.4, 0.5) is 0 Å². The lowest BCUT2D eigenvalue weighted by atomic mass is 10.1. The molecule has 128 valence electrons. The Morgan fingerprint density at radius 3 is 2.71 bits per heavy atom. The number of benzene rings is 1. The van der Waals surface area contributed by atoms with Gasteiger partial charge >= 0.3 is 0 Å². The van der Waals surface area contributed by atoms with E-state index in [-0.39, 0.29) is 29.9 Å². The molecular formula is C19H24N2O3. The summed E-state index contributed by atoms with van der Waals surface area (Å²) in [6.45, 7) is 1.96. The Morgan fingerprint density at radius 1 is 1.17 bits per heavy atom. The number of rotatable bonds is 4. The molecule has 2 saturated carbocycles. The van der Waals surface area contributed by atoms with Gasteiger partial charge < -0.3 is 15.0 Å². The molecule has 1 aromatic rings. The Kier molecular flexibility index (Phi) is 4.27.